The molecule has 0 aromatic rings. The van der Waals surface area contributed by atoms with Crippen LogP contribution in [0.1, 0.15) is 20.8 Å². The highest BCUT2D eigenvalue weighted by molar-refractivity contribution is 5.79. The molecule has 0 bridgehead atoms. The van der Waals surface area contributed by atoms with E-state index in [9.17, 15) is 4.79 Å². The van der Waals surface area contributed by atoms with E-state index in [1.807, 2.05) is 20.8 Å². The summed E-state index contributed by atoms with van der Waals surface area (Å²) in [5, 5.41) is 2.65. The summed E-state index contributed by atoms with van der Waals surface area (Å²) in [4.78, 5) is 12.5. The molecule has 0 unspecified atom stereocenters. The fourth-order valence-electron chi connectivity index (χ4n) is 0.764. The molecule has 0 aliphatic carbocycles. The molecule has 1 aliphatic rings. The molecule has 3 nitrogen and oxygen atoms in total. The summed E-state index contributed by atoms with van der Waals surface area (Å²) in [5.74, 6) is 0. The minimum atomic E-state index is -0.0116. The number of nitrogens with zero attached hydrogens (tertiary/aromatic N) is 1. The van der Waals surface area contributed by atoms with Gasteiger partial charge in [-0.25, -0.2) is 4.79 Å². The van der Waals surface area contributed by atoms with E-state index in [1.165, 1.54) is 0 Å². The summed E-state index contributed by atoms with van der Waals surface area (Å²) >= 11 is 0. The summed E-state index contributed by atoms with van der Waals surface area (Å²) in [6, 6.07) is 0.0440. The highest BCUT2D eigenvalue weighted by Gasteiger charge is 2.32. The molecule has 1 aliphatic heterocycles. The maximum absolute atomic E-state index is 10.7. The lowest BCUT2D eigenvalue weighted by Crippen LogP contribution is -2.63. The minimum absolute atomic E-state index is 0.0116. The van der Waals surface area contributed by atoms with Gasteiger partial charge in [-0.3, -0.25) is 0 Å². The Morgan fingerprint density at radius 2 is 2.11 bits per heavy atom. The zero-order chi connectivity index (χ0) is 7.07. The van der Waals surface area contributed by atoms with Gasteiger partial charge in [0.2, 0.25) is 0 Å². The van der Waals surface area contributed by atoms with E-state index < -0.39 is 0 Å². The Balaban J connectivity index is 2.54. The number of urea groups is 1. The second-order valence-electron chi connectivity index (χ2n) is 3.24. The molecule has 1 N–H and O–H groups in total. The van der Waals surface area contributed by atoms with Crippen molar-refractivity contribution in [2.75, 3.05) is 6.67 Å². The maximum Gasteiger partial charge on any atom is 0.320 e. The van der Waals surface area contributed by atoms with Gasteiger partial charge in [0.15, 0.2) is 0 Å². The van der Waals surface area contributed by atoms with Gasteiger partial charge in [0, 0.05) is 5.54 Å². The lowest BCUT2D eigenvalue weighted by molar-refractivity contribution is 0.0958. The monoisotopic (exact) mass is 128 g/mol. The van der Waals surface area contributed by atoms with Crippen LogP contribution in [0.25, 0.3) is 0 Å². The largest absolute Gasteiger partial charge is 0.320 e. The van der Waals surface area contributed by atoms with Crippen molar-refractivity contribution in [3.8, 4) is 0 Å². The molecule has 0 aromatic carbocycles. The summed E-state index contributed by atoms with van der Waals surface area (Å²) in [6.07, 6.45) is 0. The third kappa shape index (κ3) is 0.992. The molecular weight excluding hydrogens is 116 g/mol. The van der Waals surface area contributed by atoms with Gasteiger partial charge >= 0.3 is 6.03 Å². The Morgan fingerprint density at radius 1 is 1.56 bits per heavy atom. The first-order chi connectivity index (χ1) is 4.02. The molecule has 0 radical (unpaired) electrons. The lowest BCUT2D eigenvalue weighted by Gasteiger charge is -2.42. The summed E-state index contributed by atoms with van der Waals surface area (Å²) in [6.45, 7) is 6.76. The van der Waals surface area contributed by atoms with Crippen LogP contribution in [0.15, 0.2) is 0 Å². The topological polar surface area (TPSA) is 32.3 Å². The van der Waals surface area contributed by atoms with Crippen molar-refractivity contribution in [3.05, 3.63) is 0 Å². The second kappa shape index (κ2) is 1.62. The van der Waals surface area contributed by atoms with Gasteiger partial charge < -0.3 is 10.2 Å². The average molecular weight is 128 g/mol. The van der Waals surface area contributed by atoms with Gasteiger partial charge in [0.1, 0.15) is 0 Å². The maximum atomic E-state index is 10.7. The summed E-state index contributed by atoms with van der Waals surface area (Å²) in [7, 11) is 0. The Morgan fingerprint density at radius 3 is 2.11 bits per heavy atom. The first-order valence-electron chi connectivity index (χ1n) is 3.07. The molecule has 1 rings (SSSR count). The molecule has 0 saturated carbocycles. The normalized spacial score (nSPS) is 19.0. The molecule has 9 heavy (non-hydrogen) atoms. The molecule has 52 valence electrons. The predicted molar refractivity (Wildman–Crippen MR) is 35.0 cm³/mol. The first-order valence-corrected chi connectivity index (χ1v) is 3.07. The van der Waals surface area contributed by atoms with E-state index in [1.54, 1.807) is 4.90 Å². The van der Waals surface area contributed by atoms with Gasteiger partial charge in [-0.05, 0) is 20.8 Å². The van der Waals surface area contributed by atoms with Crippen molar-refractivity contribution < 1.29 is 4.79 Å². The van der Waals surface area contributed by atoms with Crippen LogP contribution >= 0.6 is 0 Å². The van der Waals surface area contributed by atoms with Gasteiger partial charge in [-0.15, -0.1) is 0 Å². The van der Waals surface area contributed by atoms with Crippen LogP contribution in [-0.4, -0.2) is 23.1 Å². The molecular formula is C6H12N2O. The van der Waals surface area contributed by atoms with Crippen molar-refractivity contribution in [3.63, 3.8) is 0 Å². The Hall–Kier alpha value is -0.730. The summed E-state index contributed by atoms with van der Waals surface area (Å²) in [5.41, 5.74) is -0.0116. The van der Waals surface area contributed by atoms with Crippen molar-refractivity contribution in [1.82, 2.24) is 10.2 Å². The average Bonchev–Trinajstić information content (AvgIpc) is 1.57. The fourth-order valence-corrected chi connectivity index (χ4v) is 0.764. The molecule has 3 heteroatoms. The number of hydrogen-bond acceptors (Lipinski definition) is 1. The van der Waals surface area contributed by atoms with E-state index in [0.717, 1.165) is 0 Å². The van der Waals surface area contributed by atoms with Gasteiger partial charge in [0.05, 0.1) is 6.67 Å². The van der Waals surface area contributed by atoms with Crippen LogP contribution in [0.5, 0.6) is 0 Å². The van der Waals surface area contributed by atoms with E-state index in [2.05, 4.69) is 5.32 Å². The minimum Gasteiger partial charge on any atom is -0.320 e. The van der Waals surface area contributed by atoms with Crippen LogP contribution in [0.3, 0.4) is 0 Å². The zero-order valence-electron chi connectivity index (χ0n) is 6.06. The zero-order valence-corrected chi connectivity index (χ0v) is 6.06. The van der Waals surface area contributed by atoms with Gasteiger partial charge in [-0.2, -0.15) is 0 Å². The predicted octanol–water partition coefficient (Wildman–Crippen LogP) is 0.768. The number of hydrogen-bond donors (Lipinski definition) is 1. The first kappa shape index (κ1) is 6.39. The Labute approximate surface area is 55.0 Å². The third-order valence-corrected chi connectivity index (χ3v) is 1.44. The molecule has 0 atom stereocenters. The van der Waals surface area contributed by atoms with Crippen molar-refractivity contribution in [2.45, 2.75) is 26.3 Å². The van der Waals surface area contributed by atoms with Gasteiger partial charge in [-0.1, -0.05) is 0 Å². The van der Waals surface area contributed by atoms with Gasteiger partial charge in [0.25, 0.3) is 0 Å². The van der Waals surface area contributed by atoms with Crippen LogP contribution < -0.4 is 5.32 Å². The number of nitrogens with one attached hydrogen (secondary N) is 1. The van der Waals surface area contributed by atoms with Crippen LogP contribution in [0.2, 0.25) is 0 Å². The van der Waals surface area contributed by atoms with E-state index in [4.69, 9.17) is 0 Å². The highest BCUT2D eigenvalue weighted by Crippen LogP contribution is 2.15. The third-order valence-electron chi connectivity index (χ3n) is 1.44. The smallest absolute Gasteiger partial charge is 0.320 e. The molecule has 0 spiro atoms. The fraction of sp³-hybridized carbons (Fsp3) is 0.833. The number of carbonyl (C=O) groups excluding carboxylic acids is 1. The molecule has 2 amide bonds. The SMILES string of the molecule is CC(C)(C)N1CNC1=O. The highest BCUT2D eigenvalue weighted by atomic mass is 16.2. The quantitative estimate of drug-likeness (QED) is 0.513. The van der Waals surface area contributed by atoms with Crippen molar-refractivity contribution in [2.24, 2.45) is 0 Å². The van der Waals surface area contributed by atoms with Crippen LogP contribution in [-0.2, 0) is 0 Å². The van der Waals surface area contributed by atoms with Crippen LogP contribution in [0.4, 0.5) is 4.79 Å². The Bertz CT molecular complexity index is 136. The number of amides is 2. The second-order valence-corrected chi connectivity index (χ2v) is 3.24. The van der Waals surface area contributed by atoms with E-state index in [-0.39, 0.29) is 11.6 Å². The number of rotatable bonds is 0. The molecule has 1 fully saturated rings. The summed E-state index contributed by atoms with van der Waals surface area (Å²) < 4.78 is 0. The molecule has 1 heterocycles. The van der Waals surface area contributed by atoms with Crippen LogP contribution in [0, 0.1) is 0 Å². The van der Waals surface area contributed by atoms with E-state index >= 15 is 0 Å². The Kier molecular flexibility index (Phi) is 1.15. The van der Waals surface area contributed by atoms with E-state index in [0.29, 0.717) is 6.67 Å². The molecule has 1 saturated heterocycles. The lowest BCUT2D eigenvalue weighted by atomic mass is 10.1. The standard InChI is InChI=1S/C6H12N2O/c1-6(2,3)8-4-7-5(8)9/h4H2,1-3H3,(H,7,9). The van der Waals surface area contributed by atoms with Crippen molar-refractivity contribution in [1.29, 1.82) is 0 Å². The van der Waals surface area contributed by atoms with Crippen molar-refractivity contribution >= 4 is 6.03 Å². The molecule has 0 aromatic heterocycles. The number of carbonyl (C=O) groups is 1.